The summed E-state index contributed by atoms with van der Waals surface area (Å²) < 4.78 is 26.9. The van der Waals surface area contributed by atoms with Crippen LogP contribution in [0.1, 0.15) is 46.0 Å². The van der Waals surface area contributed by atoms with E-state index in [-0.39, 0.29) is 0 Å². The van der Waals surface area contributed by atoms with Crippen LogP contribution in [-0.2, 0) is 10.0 Å². The van der Waals surface area contributed by atoms with Crippen LogP contribution in [0.4, 0.5) is 5.82 Å². The van der Waals surface area contributed by atoms with Crippen LogP contribution in [0.15, 0.2) is 23.2 Å². The average molecular weight is 395 g/mol. The molecule has 1 N–H and O–H groups in total. The summed E-state index contributed by atoms with van der Waals surface area (Å²) in [6, 6.07) is 3.45. The maximum Gasteiger partial charge on any atom is 0.244 e. The molecule has 2 atom stereocenters. The molecule has 0 aromatic carbocycles. The molecule has 2 aliphatic rings. The maximum absolute atomic E-state index is 12.6. The molecule has 2 saturated heterocycles. The molecule has 0 bridgehead atoms. The van der Waals surface area contributed by atoms with Crippen LogP contribution in [0.5, 0.6) is 0 Å². The van der Waals surface area contributed by atoms with Gasteiger partial charge in [-0.05, 0) is 56.2 Å². The van der Waals surface area contributed by atoms with Gasteiger partial charge in [0.2, 0.25) is 10.0 Å². The van der Waals surface area contributed by atoms with Crippen LogP contribution in [0.2, 0.25) is 0 Å². The summed E-state index contributed by atoms with van der Waals surface area (Å²) in [5.41, 5.74) is 0. The van der Waals surface area contributed by atoms with E-state index in [0.717, 1.165) is 56.4 Å². The van der Waals surface area contributed by atoms with Crippen molar-refractivity contribution in [1.82, 2.24) is 14.2 Å². The number of piperidine rings is 2. The Hall–Kier alpha value is -1.18. The number of pyridine rings is 1. The molecule has 2 aliphatic heterocycles. The van der Waals surface area contributed by atoms with Crippen LogP contribution < -0.4 is 5.32 Å². The molecular formula is C20H34N4O2S. The molecule has 3 heterocycles. The predicted octanol–water partition coefficient (Wildman–Crippen LogP) is 3.04. The molecule has 152 valence electrons. The highest BCUT2D eigenvalue weighted by molar-refractivity contribution is 7.89. The van der Waals surface area contributed by atoms with Gasteiger partial charge in [-0.2, -0.15) is 4.31 Å². The number of anilines is 1. The van der Waals surface area contributed by atoms with E-state index in [2.05, 4.69) is 29.0 Å². The molecule has 0 radical (unpaired) electrons. The van der Waals surface area contributed by atoms with Crippen LogP contribution >= 0.6 is 0 Å². The average Bonchev–Trinajstić information content (AvgIpc) is 2.66. The molecular weight excluding hydrogens is 360 g/mol. The summed E-state index contributed by atoms with van der Waals surface area (Å²) in [4.78, 5) is 7.17. The Morgan fingerprint density at radius 1 is 1.11 bits per heavy atom. The smallest absolute Gasteiger partial charge is 0.244 e. The van der Waals surface area contributed by atoms with E-state index in [0.29, 0.717) is 18.0 Å². The maximum atomic E-state index is 12.6. The lowest BCUT2D eigenvalue weighted by Gasteiger charge is -2.34. The van der Waals surface area contributed by atoms with E-state index in [4.69, 9.17) is 0 Å². The van der Waals surface area contributed by atoms with Crippen molar-refractivity contribution in [3.05, 3.63) is 18.3 Å². The molecule has 0 aliphatic carbocycles. The van der Waals surface area contributed by atoms with Crippen molar-refractivity contribution in [3.8, 4) is 0 Å². The third kappa shape index (κ3) is 5.65. The highest BCUT2D eigenvalue weighted by atomic mass is 32.2. The third-order valence-electron chi connectivity index (χ3n) is 5.59. The van der Waals surface area contributed by atoms with Gasteiger partial charge in [0.05, 0.1) is 0 Å². The highest BCUT2D eigenvalue weighted by Gasteiger charge is 2.26. The Labute approximate surface area is 164 Å². The molecule has 2 unspecified atom stereocenters. The van der Waals surface area contributed by atoms with Crippen molar-refractivity contribution in [3.63, 3.8) is 0 Å². The second kappa shape index (κ2) is 9.34. The van der Waals surface area contributed by atoms with E-state index in [1.807, 2.05) is 0 Å². The molecule has 0 amide bonds. The molecule has 0 spiro atoms. The number of aromatic nitrogens is 1. The lowest BCUT2D eigenvalue weighted by molar-refractivity contribution is 0.141. The monoisotopic (exact) mass is 394 g/mol. The zero-order valence-electron chi connectivity index (χ0n) is 16.7. The van der Waals surface area contributed by atoms with E-state index < -0.39 is 10.0 Å². The topological polar surface area (TPSA) is 65.5 Å². The lowest BCUT2D eigenvalue weighted by Crippen LogP contribution is -2.39. The zero-order chi connectivity index (χ0) is 19.3. The second-order valence-corrected chi connectivity index (χ2v) is 10.3. The highest BCUT2D eigenvalue weighted by Crippen LogP contribution is 2.22. The number of sulfonamides is 1. The van der Waals surface area contributed by atoms with Crippen molar-refractivity contribution in [2.75, 3.05) is 44.6 Å². The minimum atomic E-state index is -3.39. The summed E-state index contributed by atoms with van der Waals surface area (Å²) >= 11 is 0. The summed E-state index contributed by atoms with van der Waals surface area (Å²) in [5.74, 6) is 2.32. The number of likely N-dealkylation sites (tertiary alicyclic amines) is 1. The quantitative estimate of drug-likeness (QED) is 0.720. The van der Waals surface area contributed by atoms with Gasteiger partial charge in [-0.15, -0.1) is 0 Å². The first kappa shape index (κ1) is 20.6. The third-order valence-corrected chi connectivity index (χ3v) is 7.47. The van der Waals surface area contributed by atoms with E-state index in [9.17, 15) is 8.42 Å². The molecule has 3 rings (SSSR count). The van der Waals surface area contributed by atoms with Crippen molar-refractivity contribution >= 4 is 15.8 Å². The van der Waals surface area contributed by atoms with Gasteiger partial charge in [0.25, 0.3) is 0 Å². The van der Waals surface area contributed by atoms with Gasteiger partial charge in [0, 0.05) is 38.9 Å². The first-order valence-corrected chi connectivity index (χ1v) is 11.8. The number of nitrogens with one attached hydrogen (secondary N) is 1. The standard InChI is InChI=1S/C20H34N4O2S/c1-17-13-18(2)16-23(15-17)10-6-9-21-20-8-7-19(14-22-20)27(25,26)24-11-4-3-5-12-24/h7-8,14,17-18H,3-6,9-13,15-16H2,1-2H3,(H,21,22). The summed E-state index contributed by atoms with van der Waals surface area (Å²) in [5, 5.41) is 3.32. The fraction of sp³-hybridized carbons (Fsp3) is 0.750. The van der Waals surface area contributed by atoms with Gasteiger partial charge in [-0.1, -0.05) is 20.3 Å². The summed E-state index contributed by atoms with van der Waals surface area (Å²) in [6.07, 6.45) is 6.89. The van der Waals surface area contributed by atoms with Crippen molar-refractivity contribution in [2.24, 2.45) is 11.8 Å². The first-order valence-electron chi connectivity index (χ1n) is 10.4. The molecule has 1 aromatic rings. The molecule has 7 heteroatoms. The Morgan fingerprint density at radius 2 is 1.81 bits per heavy atom. The second-order valence-electron chi connectivity index (χ2n) is 8.33. The van der Waals surface area contributed by atoms with E-state index in [1.165, 1.54) is 25.7 Å². The fourth-order valence-corrected chi connectivity index (χ4v) is 5.85. The Morgan fingerprint density at radius 3 is 2.44 bits per heavy atom. The predicted molar refractivity (Wildman–Crippen MR) is 109 cm³/mol. The zero-order valence-corrected chi connectivity index (χ0v) is 17.5. The molecule has 1 aromatic heterocycles. The van der Waals surface area contributed by atoms with Crippen LogP contribution in [0, 0.1) is 11.8 Å². The Kier molecular flexibility index (Phi) is 7.11. The Bertz CT molecular complexity index is 676. The molecule has 0 saturated carbocycles. The summed E-state index contributed by atoms with van der Waals surface area (Å²) in [7, 11) is -3.39. The van der Waals surface area contributed by atoms with Gasteiger partial charge in [-0.3, -0.25) is 0 Å². The van der Waals surface area contributed by atoms with Gasteiger partial charge >= 0.3 is 0 Å². The largest absolute Gasteiger partial charge is 0.370 e. The van der Waals surface area contributed by atoms with Gasteiger partial charge in [0.15, 0.2) is 0 Å². The number of rotatable bonds is 7. The van der Waals surface area contributed by atoms with Crippen LogP contribution in [-0.4, -0.2) is 61.9 Å². The number of hydrogen-bond donors (Lipinski definition) is 1. The van der Waals surface area contributed by atoms with Crippen molar-refractivity contribution in [1.29, 1.82) is 0 Å². The normalized spacial score (nSPS) is 25.4. The fourth-order valence-electron chi connectivity index (χ4n) is 4.39. The first-order chi connectivity index (χ1) is 12.9. The van der Waals surface area contributed by atoms with Crippen molar-refractivity contribution < 1.29 is 8.42 Å². The van der Waals surface area contributed by atoms with E-state index >= 15 is 0 Å². The van der Waals surface area contributed by atoms with Crippen molar-refractivity contribution in [2.45, 2.75) is 50.8 Å². The molecule has 27 heavy (non-hydrogen) atoms. The summed E-state index contributed by atoms with van der Waals surface area (Å²) in [6.45, 7) is 10.3. The van der Waals surface area contributed by atoms with Gasteiger partial charge in [0.1, 0.15) is 10.7 Å². The number of nitrogens with zero attached hydrogens (tertiary/aromatic N) is 3. The minimum absolute atomic E-state index is 0.297. The van der Waals surface area contributed by atoms with Gasteiger partial charge in [-0.25, -0.2) is 13.4 Å². The number of hydrogen-bond acceptors (Lipinski definition) is 5. The SMILES string of the molecule is CC1CC(C)CN(CCCNc2ccc(S(=O)(=O)N3CCCCC3)cn2)C1. The van der Waals surface area contributed by atoms with E-state index in [1.54, 1.807) is 16.4 Å². The van der Waals surface area contributed by atoms with Crippen LogP contribution in [0.3, 0.4) is 0 Å². The minimum Gasteiger partial charge on any atom is -0.370 e. The van der Waals surface area contributed by atoms with Crippen LogP contribution in [0.25, 0.3) is 0 Å². The molecule has 2 fully saturated rings. The van der Waals surface area contributed by atoms with Gasteiger partial charge < -0.3 is 10.2 Å². The lowest BCUT2D eigenvalue weighted by atomic mass is 9.92. The Balaban J connectivity index is 1.45. The molecule has 6 nitrogen and oxygen atoms in total.